The maximum Gasteiger partial charge on any atom is 0.235 e. The minimum Gasteiger partial charge on any atom is -0.507 e. The normalized spacial score (nSPS) is 14.2. The molecule has 186 valence electrons. The van der Waals surface area contributed by atoms with Crippen molar-refractivity contribution in [2.45, 2.75) is 13.5 Å². The Bertz CT molecular complexity index is 1460. The Morgan fingerprint density at radius 1 is 1.00 bits per heavy atom. The van der Waals surface area contributed by atoms with Crippen molar-refractivity contribution in [3.63, 3.8) is 0 Å². The highest BCUT2D eigenvalue weighted by Gasteiger charge is 2.23. The molecule has 0 aliphatic carbocycles. The molecule has 0 bridgehead atoms. The molecule has 1 aliphatic rings. The van der Waals surface area contributed by atoms with Gasteiger partial charge in [-0.15, -0.1) is 0 Å². The van der Waals surface area contributed by atoms with Crippen LogP contribution in [0.1, 0.15) is 11.3 Å². The van der Waals surface area contributed by atoms with Gasteiger partial charge in [0.15, 0.2) is 0 Å². The van der Waals surface area contributed by atoms with E-state index >= 15 is 0 Å². The molecule has 1 N–H and O–H groups in total. The Hall–Kier alpha value is -3.68. The summed E-state index contributed by atoms with van der Waals surface area (Å²) in [5, 5.41) is 11.8. The Morgan fingerprint density at radius 3 is 2.50 bits per heavy atom. The van der Waals surface area contributed by atoms with Gasteiger partial charge in [-0.25, -0.2) is 0 Å². The molecule has 36 heavy (non-hydrogen) atoms. The van der Waals surface area contributed by atoms with Crippen molar-refractivity contribution in [3.05, 3.63) is 87.2 Å². The summed E-state index contributed by atoms with van der Waals surface area (Å²) in [6.45, 7) is 5.39. The third kappa shape index (κ3) is 4.85. The van der Waals surface area contributed by atoms with E-state index in [2.05, 4.69) is 15.9 Å². The Morgan fingerprint density at radius 2 is 1.75 bits per heavy atom. The second-order valence-corrected chi connectivity index (χ2v) is 9.22. The number of fused-ring (bicyclic) bond motifs is 1. The molecule has 5 rings (SSSR count). The second kappa shape index (κ2) is 10.1. The van der Waals surface area contributed by atoms with Crippen LogP contribution in [0.5, 0.6) is 23.0 Å². The maximum absolute atomic E-state index is 13.4. The lowest BCUT2D eigenvalue weighted by Gasteiger charge is -2.36. The predicted molar refractivity (Wildman–Crippen MR) is 141 cm³/mol. The highest BCUT2D eigenvalue weighted by Crippen LogP contribution is 2.33. The first-order chi connectivity index (χ1) is 17.4. The van der Waals surface area contributed by atoms with E-state index in [1.165, 1.54) is 0 Å². The number of ether oxygens (including phenoxy) is 2. The first-order valence-corrected chi connectivity index (χ1v) is 12.1. The number of benzene rings is 3. The molecule has 4 aromatic rings. The van der Waals surface area contributed by atoms with Crippen LogP contribution in [0.4, 0.5) is 5.69 Å². The molecule has 0 saturated carbocycles. The molecular weight excluding hydrogens is 480 g/mol. The molecule has 2 heterocycles. The van der Waals surface area contributed by atoms with Gasteiger partial charge in [-0.3, -0.25) is 9.69 Å². The zero-order chi connectivity index (χ0) is 25.2. The number of hydrogen-bond donors (Lipinski definition) is 1. The third-order valence-electron chi connectivity index (χ3n) is 6.45. The quantitative estimate of drug-likeness (QED) is 0.365. The van der Waals surface area contributed by atoms with E-state index in [0.717, 1.165) is 36.9 Å². The number of anilines is 1. The van der Waals surface area contributed by atoms with Gasteiger partial charge in [-0.1, -0.05) is 23.7 Å². The molecule has 1 fully saturated rings. The second-order valence-electron chi connectivity index (χ2n) is 8.78. The van der Waals surface area contributed by atoms with Gasteiger partial charge in [0.2, 0.25) is 11.2 Å². The number of nitrogens with zero attached hydrogens (tertiary/aromatic N) is 2. The molecule has 0 amide bonds. The number of halogens is 1. The van der Waals surface area contributed by atoms with E-state index in [1.54, 1.807) is 50.4 Å². The van der Waals surface area contributed by atoms with Crippen LogP contribution in [0.15, 0.2) is 69.9 Å². The fourth-order valence-corrected chi connectivity index (χ4v) is 4.69. The van der Waals surface area contributed by atoms with Crippen molar-refractivity contribution < 1.29 is 19.0 Å². The van der Waals surface area contributed by atoms with E-state index in [1.807, 2.05) is 18.2 Å². The summed E-state index contributed by atoms with van der Waals surface area (Å²) in [5.74, 6) is 1.65. The van der Waals surface area contributed by atoms with Gasteiger partial charge < -0.3 is 23.9 Å². The number of phenolic OH excluding ortho intramolecular Hbond substituents is 1. The highest BCUT2D eigenvalue weighted by molar-refractivity contribution is 6.30. The fourth-order valence-electron chi connectivity index (χ4n) is 4.51. The number of rotatable bonds is 6. The van der Waals surface area contributed by atoms with Gasteiger partial charge in [-0.05, 0) is 49.4 Å². The molecule has 0 atom stereocenters. The molecule has 0 spiro atoms. The molecule has 8 heteroatoms. The predicted octanol–water partition coefficient (Wildman–Crippen LogP) is 5.58. The van der Waals surface area contributed by atoms with Gasteiger partial charge in [-0.2, -0.15) is 0 Å². The third-order valence-corrected chi connectivity index (χ3v) is 6.69. The minimum absolute atomic E-state index is 0.101. The largest absolute Gasteiger partial charge is 0.507 e. The van der Waals surface area contributed by atoms with Crippen LogP contribution in [0.2, 0.25) is 5.02 Å². The topological polar surface area (TPSA) is 75.4 Å². The average Bonchev–Trinajstić information content (AvgIpc) is 2.89. The lowest BCUT2D eigenvalue weighted by Crippen LogP contribution is -2.46. The molecule has 1 aliphatic heterocycles. The van der Waals surface area contributed by atoms with Crippen molar-refractivity contribution in [2.75, 3.05) is 38.2 Å². The fraction of sp³-hybridized carbons (Fsp3) is 0.250. The van der Waals surface area contributed by atoms with Crippen LogP contribution >= 0.6 is 11.6 Å². The minimum atomic E-state index is -0.288. The smallest absolute Gasteiger partial charge is 0.235 e. The average molecular weight is 507 g/mol. The summed E-state index contributed by atoms with van der Waals surface area (Å²) in [6, 6.07) is 18.0. The number of hydrogen-bond acceptors (Lipinski definition) is 7. The summed E-state index contributed by atoms with van der Waals surface area (Å²) in [4.78, 5) is 17.9. The number of aryl methyl sites for hydroxylation is 1. The van der Waals surface area contributed by atoms with Gasteiger partial charge in [0.25, 0.3) is 0 Å². The highest BCUT2D eigenvalue weighted by atomic mass is 35.5. The molecular formula is C28H27ClN2O5. The lowest BCUT2D eigenvalue weighted by molar-refractivity contribution is 0.246. The summed E-state index contributed by atoms with van der Waals surface area (Å²) in [6.07, 6.45) is 0. The molecule has 1 aromatic heterocycles. The zero-order valence-electron chi connectivity index (χ0n) is 20.2. The molecule has 0 unspecified atom stereocenters. The van der Waals surface area contributed by atoms with Gasteiger partial charge >= 0.3 is 0 Å². The van der Waals surface area contributed by atoms with Crippen molar-refractivity contribution in [2.24, 2.45) is 0 Å². The lowest BCUT2D eigenvalue weighted by atomic mass is 10.1. The van der Waals surface area contributed by atoms with Crippen molar-refractivity contribution in [1.29, 1.82) is 0 Å². The zero-order valence-corrected chi connectivity index (χ0v) is 20.9. The summed E-state index contributed by atoms with van der Waals surface area (Å²) < 4.78 is 17.2. The van der Waals surface area contributed by atoms with Crippen molar-refractivity contribution >= 4 is 28.3 Å². The number of methoxy groups -OCH3 is 1. The van der Waals surface area contributed by atoms with Gasteiger partial charge in [0.05, 0.1) is 18.1 Å². The number of aromatic hydroxyl groups is 1. The molecule has 7 nitrogen and oxygen atoms in total. The Balaban J connectivity index is 1.39. The first-order valence-electron chi connectivity index (χ1n) is 11.8. The van der Waals surface area contributed by atoms with Gasteiger partial charge in [0, 0.05) is 49.5 Å². The standard InChI is InChI=1S/C28H27ClN2O5/c1-18-27(36-22-8-4-7-21(16-22)34-2)26(33)23-9-10-25(32)24(28(23)35-18)17-30-11-13-31(14-12-30)20-6-3-5-19(29)15-20/h3-10,15-16,32H,11-14,17H2,1-2H3. The van der Waals surface area contributed by atoms with Crippen LogP contribution in [0.25, 0.3) is 11.0 Å². The van der Waals surface area contributed by atoms with Crippen LogP contribution in [0, 0.1) is 6.92 Å². The van der Waals surface area contributed by atoms with Crippen LogP contribution in [0.3, 0.4) is 0 Å². The summed E-state index contributed by atoms with van der Waals surface area (Å²) >= 11 is 6.15. The maximum atomic E-state index is 13.4. The van der Waals surface area contributed by atoms with E-state index in [0.29, 0.717) is 40.3 Å². The van der Waals surface area contributed by atoms with Crippen LogP contribution < -0.4 is 19.8 Å². The number of phenols is 1. The Labute approximate surface area is 214 Å². The van der Waals surface area contributed by atoms with Gasteiger partial charge in [0.1, 0.15) is 28.6 Å². The van der Waals surface area contributed by atoms with E-state index in [4.69, 9.17) is 25.5 Å². The molecule has 3 aromatic carbocycles. The van der Waals surface area contributed by atoms with E-state index in [-0.39, 0.29) is 16.9 Å². The van der Waals surface area contributed by atoms with Crippen LogP contribution in [-0.4, -0.2) is 43.3 Å². The van der Waals surface area contributed by atoms with Crippen molar-refractivity contribution in [1.82, 2.24) is 4.90 Å². The van der Waals surface area contributed by atoms with Crippen molar-refractivity contribution in [3.8, 4) is 23.0 Å². The first kappa shape index (κ1) is 24.0. The SMILES string of the molecule is COc1cccc(Oc2c(C)oc3c(CN4CCN(c5cccc(Cl)c5)CC4)c(O)ccc3c2=O)c1. The van der Waals surface area contributed by atoms with E-state index < -0.39 is 0 Å². The monoisotopic (exact) mass is 506 g/mol. The Kier molecular flexibility index (Phi) is 6.76. The molecule has 0 radical (unpaired) electrons. The molecule has 1 saturated heterocycles. The number of piperazine rings is 1. The van der Waals surface area contributed by atoms with E-state index in [9.17, 15) is 9.90 Å². The summed E-state index contributed by atoms with van der Waals surface area (Å²) in [7, 11) is 1.57. The van der Waals surface area contributed by atoms with Crippen LogP contribution in [-0.2, 0) is 6.54 Å². The summed E-state index contributed by atoms with van der Waals surface area (Å²) in [5.41, 5.74) is 1.79.